The Hall–Kier alpha value is -1.43. The number of alkyl halides is 1. The zero-order valence-electron chi connectivity index (χ0n) is 15.4. The third-order valence-electron chi connectivity index (χ3n) is 4.91. The Bertz CT molecular complexity index is 706. The summed E-state index contributed by atoms with van der Waals surface area (Å²) >= 11 is 1.10. The molecule has 0 unspecified atom stereocenters. The van der Waals surface area contributed by atoms with E-state index in [2.05, 4.69) is 45.0 Å². The van der Waals surface area contributed by atoms with E-state index in [0.29, 0.717) is 6.61 Å². The van der Waals surface area contributed by atoms with Crippen LogP contribution in [0.5, 0.6) is 0 Å². The van der Waals surface area contributed by atoms with Gasteiger partial charge in [-0.25, -0.2) is 4.39 Å². The fraction of sp³-hybridized carbons (Fsp3) is 0.381. The SMILES string of the molecule is CC(C)(C)[Si](OC[C@@H]1C[C@H](F)C(=O)S1)(c1ccccc1)c1ccccc1. The van der Waals surface area contributed by atoms with E-state index in [-0.39, 0.29) is 21.8 Å². The molecule has 2 aromatic rings. The van der Waals surface area contributed by atoms with Crippen LogP contribution >= 0.6 is 11.8 Å². The Labute approximate surface area is 160 Å². The standard InChI is InChI=1S/C21H25FO2SSi/c1-21(2,3)26(17-10-6-4-7-11-17,18-12-8-5-9-13-18)24-15-16-14-19(22)20(23)25-16/h4-13,16,19H,14-15H2,1-3H3/t16-,19-/m0/s1. The lowest BCUT2D eigenvalue weighted by atomic mass is 10.2. The molecule has 2 atom stereocenters. The largest absolute Gasteiger partial charge is 0.406 e. The molecule has 1 aliphatic rings. The smallest absolute Gasteiger partial charge is 0.261 e. The molecule has 1 heterocycles. The van der Waals surface area contributed by atoms with Crippen LogP contribution in [-0.4, -0.2) is 31.5 Å². The summed E-state index contributed by atoms with van der Waals surface area (Å²) in [6.07, 6.45) is -1.10. The van der Waals surface area contributed by atoms with Crippen LogP contribution in [0.2, 0.25) is 5.04 Å². The van der Waals surface area contributed by atoms with Crippen molar-refractivity contribution in [1.82, 2.24) is 0 Å². The van der Waals surface area contributed by atoms with Crippen LogP contribution in [0.25, 0.3) is 0 Å². The van der Waals surface area contributed by atoms with Gasteiger partial charge in [0, 0.05) is 18.3 Å². The van der Waals surface area contributed by atoms with Crippen molar-refractivity contribution in [2.24, 2.45) is 0 Å². The van der Waals surface area contributed by atoms with Gasteiger partial charge < -0.3 is 4.43 Å². The average molecular weight is 389 g/mol. The summed E-state index contributed by atoms with van der Waals surface area (Å²) < 4.78 is 20.4. The number of hydrogen-bond donors (Lipinski definition) is 0. The normalized spacial score (nSPS) is 21.2. The number of benzene rings is 2. The molecular formula is C21H25FO2SSi. The molecule has 2 nitrogen and oxygen atoms in total. The Morgan fingerprint density at radius 3 is 1.92 bits per heavy atom. The number of carbonyl (C=O) groups is 1. The molecule has 26 heavy (non-hydrogen) atoms. The number of halogens is 1. The first-order valence-corrected chi connectivity index (χ1v) is 11.7. The number of rotatable bonds is 5. The zero-order chi connectivity index (χ0) is 18.8. The van der Waals surface area contributed by atoms with E-state index < -0.39 is 14.5 Å². The van der Waals surface area contributed by atoms with Crippen LogP contribution in [0.15, 0.2) is 60.7 Å². The van der Waals surface area contributed by atoms with Crippen molar-refractivity contribution in [2.45, 2.75) is 43.7 Å². The zero-order valence-corrected chi connectivity index (χ0v) is 17.3. The van der Waals surface area contributed by atoms with E-state index in [9.17, 15) is 9.18 Å². The lowest BCUT2D eigenvalue weighted by molar-refractivity contribution is -0.114. The maximum atomic E-state index is 13.7. The molecule has 1 fully saturated rings. The van der Waals surface area contributed by atoms with Crippen LogP contribution < -0.4 is 10.4 Å². The molecule has 0 radical (unpaired) electrons. The molecule has 0 N–H and O–H groups in total. The average Bonchev–Trinajstić information content (AvgIpc) is 2.94. The molecule has 1 aliphatic heterocycles. The van der Waals surface area contributed by atoms with E-state index in [0.717, 1.165) is 11.8 Å². The van der Waals surface area contributed by atoms with Crippen LogP contribution in [0.3, 0.4) is 0 Å². The molecule has 3 rings (SSSR count). The van der Waals surface area contributed by atoms with Crippen molar-refractivity contribution in [2.75, 3.05) is 6.61 Å². The Balaban J connectivity index is 2.02. The van der Waals surface area contributed by atoms with Gasteiger partial charge in [-0.1, -0.05) is 93.2 Å². The van der Waals surface area contributed by atoms with E-state index in [1.807, 2.05) is 36.4 Å². The summed E-state index contributed by atoms with van der Waals surface area (Å²) in [6.45, 7) is 7.03. The topological polar surface area (TPSA) is 26.3 Å². The highest BCUT2D eigenvalue weighted by Gasteiger charge is 2.50. The van der Waals surface area contributed by atoms with Crippen molar-refractivity contribution in [3.63, 3.8) is 0 Å². The first-order chi connectivity index (χ1) is 12.3. The summed E-state index contributed by atoms with van der Waals surface area (Å²) in [5, 5.41) is 1.81. The van der Waals surface area contributed by atoms with Gasteiger partial charge in [0.05, 0.1) is 0 Å². The van der Waals surface area contributed by atoms with Gasteiger partial charge in [0.1, 0.15) is 0 Å². The summed E-state index contributed by atoms with van der Waals surface area (Å²) in [5.41, 5.74) is 0. The van der Waals surface area contributed by atoms with Gasteiger partial charge in [0.25, 0.3) is 8.32 Å². The number of carbonyl (C=O) groups excluding carboxylic acids is 1. The highest BCUT2D eigenvalue weighted by Crippen LogP contribution is 2.38. The van der Waals surface area contributed by atoms with E-state index in [1.54, 1.807) is 0 Å². The molecule has 1 saturated heterocycles. The molecule has 0 bridgehead atoms. The maximum Gasteiger partial charge on any atom is 0.261 e. The first-order valence-electron chi connectivity index (χ1n) is 8.94. The molecule has 138 valence electrons. The van der Waals surface area contributed by atoms with Crippen molar-refractivity contribution in [1.29, 1.82) is 0 Å². The number of hydrogen-bond acceptors (Lipinski definition) is 3. The molecular weight excluding hydrogens is 363 g/mol. The van der Waals surface area contributed by atoms with E-state index in [4.69, 9.17) is 4.43 Å². The number of thioether (sulfide) groups is 1. The van der Waals surface area contributed by atoms with E-state index >= 15 is 0 Å². The molecule has 0 amide bonds. The highest BCUT2D eigenvalue weighted by molar-refractivity contribution is 8.14. The minimum absolute atomic E-state index is 0.112. The second kappa shape index (κ2) is 7.67. The predicted octanol–water partition coefficient (Wildman–Crippen LogP) is 3.93. The summed E-state index contributed by atoms with van der Waals surface area (Å²) in [5.74, 6) is 0. The van der Waals surface area contributed by atoms with Crippen molar-refractivity contribution < 1.29 is 13.6 Å². The molecule has 2 aromatic carbocycles. The van der Waals surface area contributed by atoms with Gasteiger partial charge in [0.15, 0.2) is 6.17 Å². The quantitative estimate of drug-likeness (QED) is 0.726. The minimum atomic E-state index is -2.61. The van der Waals surface area contributed by atoms with E-state index in [1.165, 1.54) is 10.4 Å². The second-order valence-electron chi connectivity index (χ2n) is 7.74. The van der Waals surface area contributed by atoms with Crippen LogP contribution in [0.1, 0.15) is 27.2 Å². The molecule has 0 aromatic heterocycles. The van der Waals surface area contributed by atoms with Crippen molar-refractivity contribution >= 4 is 35.6 Å². The molecule has 0 aliphatic carbocycles. The highest BCUT2D eigenvalue weighted by atomic mass is 32.2. The van der Waals surface area contributed by atoms with Gasteiger partial charge in [-0.3, -0.25) is 4.79 Å². The van der Waals surface area contributed by atoms with Gasteiger partial charge in [-0.15, -0.1) is 0 Å². The van der Waals surface area contributed by atoms with Gasteiger partial charge >= 0.3 is 0 Å². The fourth-order valence-electron chi connectivity index (χ4n) is 3.69. The third-order valence-corrected chi connectivity index (χ3v) is 11.1. The van der Waals surface area contributed by atoms with Gasteiger partial charge in [0.2, 0.25) is 5.12 Å². The monoisotopic (exact) mass is 388 g/mol. The van der Waals surface area contributed by atoms with Crippen LogP contribution in [0.4, 0.5) is 4.39 Å². The lowest BCUT2D eigenvalue weighted by Gasteiger charge is -2.43. The van der Waals surface area contributed by atoms with Crippen molar-refractivity contribution in [3.8, 4) is 0 Å². The summed E-state index contributed by atoms with van der Waals surface area (Å²) in [4.78, 5) is 11.6. The molecule has 0 saturated carbocycles. The lowest BCUT2D eigenvalue weighted by Crippen LogP contribution is -2.67. The summed E-state index contributed by atoms with van der Waals surface area (Å²) in [7, 11) is -2.61. The fourth-order valence-corrected chi connectivity index (χ4v) is 9.40. The minimum Gasteiger partial charge on any atom is -0.406 e. The Morgan fingerprint density at radius 2 is 1.54 bits per heavy atom. The summed E-state index contributed by atoms with van der Waals surface area (Å²) in [6, 6.07) is 20.7. The van der Waals surface area contributed by atoms with Crippen molar-refractivity contribution in [3.05, 3.63) is 60.7 Å². The second-order valence-corrected chi connectivity index (χ2v) is 13.3. The Morgan fingerprint density at radius 1 is 1.04 bits per heavy atom. The third kappa shape index (κ3) is 3.66. The Kier molecular flexibility index (Phi) is 5.70. The molecule has 5 heteroatoms. The molecule has 0 spiro atoms. The van der Waals surface area contributed by atoms with Gasteiger partial charge in [-0.05, 0) is 15.4 Å². The first kappa shape index (κ1) is 19.3. The van der Waals surface area contributed by atoms with Crippen LogP contribution in [-0.2, 0) is 9.22 Å². The predicted molar refractivity (Wildman–Crippen MR) is 109 cm³/mol. The maximum absolute atomic E-state index is 13.7. The van der Waals surface area contributed by atoms with Gasteiger partial charge in [-0.2, -0.15) is 0 Å². The van der Waals surface area contributed by atoms with Crippen LogP contribution in [0, 0.1) is 0 Å².